The second-order valence-corrected chi connectivity index (χ2v) is 7.68. The fourth-order valence-corrected chi connectivity index (χ4v) is 3.44. The molecule has 2 aromatic carbocycles. The number of morpholine rings is 1. The number of rotatable bonds is 6. The van der Waals surface area contributed by atoms with Gasteiger partial charge in [-0.25, -0.2) is 0 Å². The van der Waals surface area contributed by atoms with E-state index in [1.54, 1.807) is 12.1 Å². The number of benzene rings is 2. The van der Waals surface area contributed by atoms with Gasteiger partial charge in [0.25, 0.3) is 0 Å². The Bertz CT molecular complexity index is 844. The van der Waals surface area contributed by atoms with Crippen LogP contribution in [0.3, 0.4) is 0 Å². The van der Waals surface area contributed by atoms with Crippen molar-refractivity contribution in [3.05, 3.63) is 59.7 Å². The number of anilines is 2. The molecule has 0 aromatic heterocycles. The van der Waals surface area contributed by atoms with Gasteiger partial charge in [0.15, 0.2) is 0 Å². The summed E-state index contributed by atoms with van der Waals surface area (Å²) in [6.07, 6.45) is 0. The third kappa shape index (κ3) is 5.81. The minimum atomic E-state index is -0.664. The topological polar surface area (TPSA) is 73.9 Å². The number of carbonyl (C=O) groups is 2. The van der Waals surface area contributed by atoms with Gasteiger partial charge in [0.05, 0.1) is 19.3 Å². The SMILES string of the molecule is Cc1ccc(NC(=O)C(=O)NCC(c2ccc(N(C)C)cc2)N2CCOCC2)cc1. The van der Waals surface area contributed by atoms with Gasteiger partial charge in [-0.05, 0) is 36.8 Å². The van der Waals surface area contributed by atoms with Crippen LogP contribution in [-0.2, 0) is 14.3 Å². The molecule has 3 rings (SSSR count). The molecule has 7 nitrogen and oxygen atoms in total. The average Bonchev–Trinajstić information content (AvgIpc) is 2.76. The first-order chi connectivity index (χ1) is 14.4. The molecule has 0 aliphatic carbocycles. The van der Waals surface area contributed by atoms with E-state index in [2.05, 4.69) is 39.8 Å². The Hall–Kier alpha value is -2.90. The van der Waals surface area contributed by atoms with E-state index in [0.717, 1.165) is 29.9 Å². The van der Waals surface area contributed by atoms with E-state index in [1.807, 2.05) is 38.1 Å². The number of nitrogens with zero attached hydrogens (tertiary/aromatic N) is 2. The van der Waals surface area contributed by atoms with Crippen molar-refractivity contribution >= 4 is 23.2 Å². The maximum absolute atomic E-state index is 12.4. The molecule has 2 amide bonds. The predicted molar refractivity (Wildman–Crippen MR) is 119 cm³/mol. The highest BCUT2D eigenvalue weighted by molar-refractivity contribution is 6.39. The summed E-state index contributed by atoms with van der Waals surface area (Å²) in [5.41, 5.74) is 3.90. The number of amides is 2. The van der Waals surface area contributed by atoms with Gasteiger partial charge in [0.2, 0.25) is 0 Å². The molecule has 1 fully saturated rings. The molecule has 0 saturated carbocycles. The highest BCUT2D eigenvalue weighted by atomic mass is 16.5. The van der Waals surface area contributed by atoms with Gasteiger partial charge in [0.1, 0.15) is 0 Å². The summed E-state index contributed by atoms with van der Waals surface area (Å²) in [5, 5.41) is 5.45. The lowest BCUT2D eigenvalue weighted by atomic mass is 10.0. The predicted octanol–water partition coefficient (Wildman–Crippen LogP) is 2.19. The van der Waals surface area contributed by atoms with Crippen molar-refractivity contribution in [1.29, 1.82) is 0 Å². The van der Waals surface area contributed by atoms with E-state index in [0.29, 0.717) is 25.4 Å². The van der Waals surface area contributed by atoms with E-state index >= 15 is 0 Å². The number of hydrogen-bond acceptors (Lipinski definition) is 5. The van der Waals surface area contributed by atoms with Crippen LogP contribution in [0.1, 0.15) is 17.2 Å². The molecule has 1 heterocycles. The smallest absolute Gasteiger partial charge is 0.313 e. The molecule has 1 saturated heterocycles. The summed E-state index contributed by atoms with van der Waals surface area (Å²) in [7, 11) is 4.00. The van der Waals surface area contributed by atoms with Crippen LogP contribution in [0.15, 0.2) is 48.5 Å². The molecule has 30 heavy (non-hydrogen) atoms. The van der Waals surface area contributed by atoms with Crippen LogP contribution in [-0.4, -0.2) is 63.7 Å². The molecular formula is C23H30N4O3. The molecular weight excluding hydrogens is 380 g/mol. The van der Waals surface area contributed by atoms with E-state index < -0.39 is 11.8 Å². The minimum absolute atomic E-state index is 0.0266. The van der Waals surface area contributed by atoms with Crippen LogP contribution in [0, 0.1) is 6.92 Å². The van der Waals surface area contributed by atoms with Crippen molar-refractivity contribution in [2.24, 2.45) is 0 Å². The zero-order valence-corrected chi connectivity index (χ0v) is 17.9. The Morgan fingerprint density at radius 2 is 1.63 bits per heavy atom. The molecule has 2 aromatic rings. The number of hydrogen-bond donors (Lipinski definition) is 2. The van der Waals surface area contributed by atoms with Crippen LogP contribution in [0.25, 0.3) is 0 Å². The van der Waals surface area contributed by atoms with Crippen molar-refractivity contribution < 1.29 is 14.3 Å². The number of carbonyl (C=O) groups excluding carboxylic acids is 2. The lowest BCUT2D eigenvalue weighted by Crippen LogP contribution is -2.45. The lowest BCUT2D eigenvalue weighted by Gasteiger charge is -2.35. The van der Waals surface area contributed by atoms with Crippen molar-refractivity contribution in [3.8, 4) is 0 Å². The lowest BCUT2D eigenvalue weighted by molar-refractivity contribution is -0.136. The zero-order valence-electron chi connectivity index (χ0n) is 17.9. The maximum Gasteiger partial charge on any atom is 0.313 e. The van der Waals surface area contributed by atoms with E-state index in [1.165, 1.54) is 0 Å². The van der Waals surface area contributed by atoms with E-state index in [4.69, 9.17) is 4.74 Å². The molecule has 160 valence electrons. The van der Waals surface area contributed by atoms with Crippen LogP contribution < -0.4 is 15.5 Å². The normalized spacial score (nSPS) is 15.3. The second kappa shape index (κ2) is 10.2. The average molecular weight is 411 g/mol. The van der Waals surface area contributed by atoms with Crippen LogP contribution in [0.5, 0.6) is 0 Å². The molecule has 1 aliphatic rings. The number of nitrogens with one attached hydrogen (secondary N) is 2. The summed E-state index contributed by atoms with van der Waals surface area (Å²) >= 11 is 0. The second-order valence-electron chi connectivity index (χ2n) is 7.68. The summed E-state index contributed by atoms with van der Waals surface area (Å²) in [6.45, 7) is 5.20. The number of ether oxygens (including phenoxy) is 1. The molecule has 1 aliphatic heterocycles. The minimum Gasteiger partial charge on any atom is -0.379 e. The molecule has 7 heteroatoms. The van der Waals surface area contributed by atoms with Gasteiger partial charge in [0, 0.05) is 45.1 Å². The first-order valence-electron chi connectivity index (χ1n) is 10.2. The molecule has 0 radical (unpaired) electrons. The Balaban J connectivity index is 1.65. The van der Waals surface area contributed by atoms with Crippen molar-refractivity contribution in [2.45, 2.75) is 13.0 Å². The summed E-state index contributed by atoms with van der Waals surface area (Å²) < 4.78 is 5.48. The van der Waals surface area contributed by atoms with Crippen LogP contribution >= 0.6 is 0 Å². The Morgan fingerprint density at radius 3 is 2.23 bits per heavy atom. The van der Waals surface area contributed by atoms with Gasteiger partial charge in [-0.1, -0.05) is 29.8 Å². The molecule has 2 N–H and O–H groups in total. The Kier molecular flexibility index (Phi) is 7.43. The first kappa shape index (κ1) is 21.8. The Morgan fingerprint density at radius 1 is 1.00 bits per heavy atom. The fraction of sp³-hybridized carbons (Fsp3) is 0.391. The standard InChI is InChI=1S/C23H30N4O3/c1-17-4-8-19(9-5-17)25-23(29)22(28)24-16-21(27-12-14-30-15-13-27)18-6-10-20(11-7-18)26(2)3/h4-11,21H,12-16H2,1-3H3,(H,24,28)(H,25,29). The third-order valence-electron chi connectivity index (χ3n) is 5.25. The third-order valence-corrected chi connectivity index (χ3v) is 5.25. The first-order valence-corrected chi connectivity index (χ1v) is 10.2. The van der Waals surface area contributed by atoms with Crippen molar-refractivity contribution in [3.63, 3.8) is 0 Å². The van der Waals surface area contributed by atoms with Crippen molar-refractivity contribution in [2.75, 3.05) is 57.2 Å². The van der Waals surface area contributed by atoms with Crippen molar-refractivity contribution in [1.82, 2.24) is 10.2 Å². The molecule has 0 bridgehead atoms. The van der Waals surface area contributed by atoms with E-state index in [-0.39, 0.29) is 6.04 Å². The monoisotopic (exact) mass is 410 g/mol. The van der Waals surface area contributed by atoms with E-state index in [9.17, 15) is 9.59 Å². The van der Waals surface area contributed by atoms with Gasteiger partial charge in [-0.15, -0.1) is 0 Å². The fourth-order valence-electron chi connectivity index (χ4n) is 3.44. The summed E-state index contributed by atoms with van der Waals surface area (Å²) in [6, 6.07) is 15.6. The molecule has 1 unspecified atom stereocenters. The largest absolute Gasteiger partial charge is 0.379 e. The maximum atomic E-state index is 12.4. The molecule has 1 atom stereocenters. The summed E-state index contributed by atoms with van der Waals surface area (Å²) in [4.78, 5) is 29.0. The van der Waals surface area contributed by atoms with Gasteiger partial charge in [-0.2, -0.15) is 0 Å². The zero-order chi connectivity index (χ0) is 21.5. The van der Waals surface area contributed by atoms with Gasteiger partial charge in [-0.3, -0.25) is 14.5 Å². The van der Waals surface area contributed by atoms with Crippen LogP contribution in [0.4, 0.5) is 11.4 Å². The highest BCUT2D eigenvalue weighted by Crippen LogP contribution is 2.23. The van der Waals surface area contributed by atoms with Gasteiger partial charge < -0.3 is 20.3 Å². The highest BCUT2D eigenvalue weighted by Gasteiger charge is 2.24. The summed E-state index contributed by atoms with van der Waals surface area (Å²) in [5.74, 6) is -1.30. The quantitative estimate of drug-likeness (QED) is 0.714. The Labute approximate surface area is 178 Å². The number of aryl methyl sites for hydroxylation is 1. The van der Waals surface area contributed by atoms with Crippen LogP contribution in [0.2, 0.25) is 0 Å². The van der Waals surface area contributed by atoms with Gasteiger partial charge >= 0.3 is 11.8 Å². The molecule has 0 spiro atoms.